The number of nitrogens with zero attached hydrogens (tertiary/aromatic N) is 1. The van der Waals surface area contributed by atoms with Gasteiger partial charge in [0.25, 0.3) is 0 Å². The van der Waals surface area contributed by atoms with Gasteiger partial charge in [-0.25, -0.2) is 0 Å². The van der Waals surface area contributed by atoms with E-state index < -0.39 is 6.04 Å². The molecule has 0 radical (unpaired) electrons. The molecule has 0 saturated heterocycles. The van der Waals surface area contributed by atoms with E-state index in [4.69, 9.17) is 0 Å². The van der Waals surface area contributed by atoms with E-state index in [0.717, 1.165) is 9.35 Å². The van der Waals surface area contributed by atoms with Crippen LogP contribution in [-0.4, -0.2) is 36.9 Å². The van der Waals surface area contributed by atoms with E-state index in [1.807, 2.05) is 11.4 Å². The van der Waals surface area contributed by atoms with Crippen LogP contribution in [-0.2, 0) is 9.59 Å². The highest BCUT2D eigenvalue weighted by Crippen LogP contribution is 2.21. The molecule has 0 spiro atoms. The van der Waals surface area contributed by atoms with Crippen molar-refractivity contribution in [1.29, 1.82) is 0 Å². The number of hydrogen-bond acceptors (Lipinski definition) is 3. The molecular formula is C12H15BrN2O2S. The number of likely N-dealkylation sites (N-methyl/N-ethyl adjacent to an activating group) is 1. The normalized spacial score (nSPS) is 12.4. The Balaban J connectivity index is 2.51. The maximum Gasteiger partial charge on any atom is 0.244 e. The van der Waals surface area contributed by atoms with E-state index in [1.54, 1.807) is 38.4 Å². The zero-order chi connectivity index (χ0) is 13.7. The molecule has 0 aliphatic carbocycles. The van der Waals surface area contributed by atoms with Gasteiger partial charge in [-0.3, -0.25) is 9.59 Å². The number of rotatable bonds is 4. The Morgan fingerprint density at radius 3 is 2.67 bits per heavy atom. The molecule has 2 amide bonds. The van der Waals surface area contributed by atoms with Crippen molar-refractivity contribution in [3.05, 3.63) is 26.9 Å². The molecule has 0 aromatic carbocycles. The minimum Gasteiger partial charge on any atom is -0.347 e. The van der Waals surface area contributed by atoms with Crippen LogP contribution in [0.4, 0.5) is 0 Å². The molecule has 1 aromatic rings. The lowest BCUT2D eigenvalue weighted by Gasteiger charge is -2.16. The molecule has 1 aromatic heterocycles. The van der Waals surface area contributed by atoms with Gasteiger partial charge < -0.3 is 10.2 Å². The standard InChI is InChI=1S/C12H15BrN2O2S/c1-8(12(17)15(2)3)14-11(16)5-4-9-6-10(13)18-7-9/h4-8H,1-3H3,(H,14,16)/b5-4+. The molecule has 98 valence electrons. The molecule has 1 atom stereocenters. The van der Waals surface area contributed by atoms with E-state index in [0.29, 0.717) is 0 Å². The number of nitrogens with one attached hydrogen (secondary N) is 1. The largest absolute Gasteiger partial charge is 0.347 e. The molecule has 1 heterocycles. The van der Waals surface area contributed by atoms with Crippen molar-refractivity contribution in [3.8, 4) is 0 Å². The highest BCUT2D eigenvalue weighted by molar-refractivity contribution is 9.11. The van der Waals surface area contributed by atoms with Gasteiger partial charge in [-0.2, -0.15) is 0 Å². The monoisotopic (exact) mass is 330 g/mol. The molecule has 0 fully saturated rings. The van der Waals surface area contributed by atoms with Gasteiger partial charge in [-0.05, 0) is 45.9 Å². The topological polar surface area (TPSA) is 49.4 Å². The summed E-state index contributed by atoms with van der Waals surface area (Å²) in [5.74, 6) is -0.407. The third-order valence-corrected chi connectivity index (χ3v) is 3.71. The molecule has 0 bridgehead atoms. The van der Waals surface area contributed by atoms with Crippen molar-refractivity contribution in [2.75, 3.05) is 14.1 Å². The summed E-state index contributed by atoms with van der Waals surface area (Å²) in [6, 6.07) is 1.40. The fraction of sp³-hybridized carbons (Fsp3) is 0.333. The number of hydrogen-bond donors (Lipinski definition) is 1. The number of carbonyl (C=O) groups excluding carboxylic acids is 2. The maximum atomic E-state index is 11.6. The van der Waals surface area contributed by atoms with Crippen molar-refractivity contribution in [3.63, 3.8) is 0 Å². The Morgan fingerprint density at radius 1 is 1.50 bits per heavy atom. The summed E-state index contributed by atoms with van der Waals surface area (Å²) in [7, 11) is 3.31. The van der Waals surface area contributed by atoms with Crippen LogP contribution in [0.3, 0.4) is 0 Å². The number of thiophene rings is 1. The van der Waals surface area contributed by atoms with Gasteiger partial charge in [0.15, 0.2) is 0 Å². The Labute approximate surface area is 119 Å². The smallest absolute Gasteiger partial charge is 0.244 e. The van der Waals surface area contributed by atoms with Gasteiger partial charge in [0.05, 0.1) is 3.79 Å². The Morgan fingerprint density at radius 2 is 2.17 bits per heavy atom. The van der Waals surface area contributed by atoms with Crippen LogP contribution in [0.1, 0.15) is 12.5 Å². The third kappa shape index (κ3) is 4.62. The molecular weight excluding hydrogens is 316 g/mol. The molecule has 6 heteroatoms. The average molecular weight is 331 g/mol. The van der Waals surface area contributed by atoms with Crippen molar-refractivity contribution in [2.45, 2.75) is 13.0 Å². The van der Waals surface area contributed by atoms with Crippen LogP contribution in [0.25, 0.3) is 6.08 Å². The lowest BCUT2D eigenvalue weighted by molar-refractivity contribution is -0.132. The van der Waals surface area contributed by atoms with Crippen molar-refractivity contribution >= 4 is 45.2 Å². The summed E-state index contributed by atoms with van der Waals surface area (Å²) in [5, 5.41) is 4.55. The fourth-order valence-corrected chi connectivity index (χ4v) is 2.44. The fourth-order valence-electron chi connectivity index (χ4n) is 1.29. The summed E-state index contributed by atoms with van der Waals surface area (Å²) < 4.78 is 1.01. The van der Waals surface area contributed by atoms with Crippen LogP contribution >= 0.6 is 27.3 Å². The minimum atomic E-state index is -0.522. The van der Waals surface area contributed by atoms with E-state index in [-0.39, 0.29) is 11.8 Å². The molecule has 0 aliphatic rings. The van der Waals surface area contributed by atoms with Crippen LogP contribution in [0.2, 0.25) is 0 Å². The molecule has 1 unspecified atom stereocenters. The molecule has 18 heavy (non-hydrogen) atoms. The first-order chi connectivity index (χ1) is 8.40. The first kappa shape index (κ1) is 14.9. The van der Waals surface area contributed by atoms with Gasteiger partial charge in [0.2, 0.25) is 11.8 Å². The number of halogens is 1. The lowest BCUT2D eigenvalue weighted by Crippen LogP contribution is -2.43. The van der Waals surface area contributed by atoms with Gasteiger partial charge >= 0.3 is 0 Å². The summed E-state index contributed by atoms with van der Waals surface area (Å²) in [6.45, 7) is 1.66. The Hall–Kier alpha value is -1.14. The second-order valence-electron chi connectivity index (χ2n) is 3.98. The molecule has 1 N–H and O–H groups in total. The van der Waals surface area contributed by atoms with Crippen LogP contribution in [0.15, 0.2) is 21.3 Å². The van der Waals surface area contributed by atoms with E-state index in [2.05, 4.69) is 21.2 Å². The second-order valence-corrected chi connectivity index (χ2v) is 6.27. The van der Waals surface area contributed by atoms with Gasteiger partial charge in [0, 0.05) is 20.2 Å². The Kier molecular flexibility index (Phi) is 5.55. The van der Waals surface area contributed by atoms with Crippen molar-refractivity contribution in [2.24, 2.45) is 0 Å². The van der Waals surface area contributed by atoms with Crippen molar-refractivity contribution in [1.82, 2.24) is 10.2 Å². The zero-order valence-corrected chi connectivity index (χ0v) is 12.8. The van der Waals surface area contributed by atoms with Crippen LogP contribution < -0.4 is 5.32 Å². The molecule has 0 aliphatic heterocycles. The van der Waals surface area contributed by atoms with Crippen LogP contribution in [0, 0.1) is 0 Å². The number of amides is 2. The van der Waals surface area contributed by atoms with E-state index >= 15 is 0 Å². The highest BCUT2D eigenvalue weighted by atomic mass is 79.9. The average Bonchev–Trinajstić information content (AvgIpc) is 2.71. The summed E-state index contributed by atoms with van der Waals surface area (Å²) >= 11 is 4.90. The predicted molar refractivity (Wildman–Crippen MR) is 77.4 cm³/mol. The van der Waals surface area contributed by atoms with Crippen molar-refractivity contribution < 1.29 is 9.59 Å². The lowest BCUT2D eigenvalue weighted by atomic mass is 10.2. The van der Waals surface area contributed by atoms with Crippen LogP contribution in [0.5, 0.6) is 0 Å². The molecule has 4 nitrogen and oxygen atoms in total. The number of carbonyl (C=O) groups is 2. The van der Waals surface area contributed by atoms with Gasteiger partial charge in [-0.15, -0.1) is 11.3 Å². The third-order valence-electron chi connectivity index (χ3n) is 2.18. The molecule has 1 rings (SSSR count). The first-order valence-electron chi connectivity index (χ1n) is 5.34. The van der Waals surface area contributed by atoms with E-state index in [9.17, 15) is 9.59 Å². The minimum absolute atomic E-state index is 0.130. The SMILES string of the molecule is CC(NC(=O)/C=C/c1csc(Br)c1)C(=O)N(C)C. The van der Waals surface area contributed by atoms with Gasteiger partial charge in [-0.1, -0.05) is 0 Å². The second kappa shape index (κ2) is 6.70. The summed E-state index contributed by atoms with van der Waals surface area (Å²) in [6.07, 6.45) is 3.14. The quantitative estimate of drug-likeness (QED) is 0.859. The summed E-state index contributed by atoms with van der Waals surface area (Å²) in [5.41, 5.74) is 0.952. The predicted octanol–water partition coefficient (Wildman–Crippen LogP) is 2.12. The Bertz CT molecular complexity index is 468. The summed E-state index contributed by atoms with van der Waals surface area (Å²) in [4.78, 5) is 24.6. The molecule has 0 saturated carbocycles. The van der Waals surface area contributed by atoms with E-state index in [1.165, 1.54) is 11.0 Å². The highest BCUT2D eigenvalue weighted by Gasteiger charge is 2.15. The maximum absolute atomic E-state index is 11.6. The zero-order valence-electron chi connectivity index (χ0n) is 10.4. The van der Waals surface area contributed by atoms with Gasteiger partial charge in [0.1, 0.15) is 6.04 Å². The first-order valence-corrected chi connectivity index (χ1v) is 7.01.